The molecule has 0 bridgehead atoms. The Hall–Kier alpha value is -9.26. The lowest BCUT2D eigenvalue weighted by atomic mass is 9.86. The van der Waals surface area contributed by atoms with Crippen molar-refractivity contribution in [3.63, 3.8) is 0 Å². The lowest BCUT2D eigenvalue weighted by Gasteiger charge is -2.26. The summed E-state index contributed by atoms with van der Waals surface area (Å²) in [5.74, 6) is 0. The molecule has 0 aliphatic rings. The van der Waals surface area contributed by atoms with E-state index in [9.17, 15) is 0 Å². The SMILES string of the molecule is CC(C)(C)c1cccc2c1oc1ccc(N(c3ccccc3)c3ccc4c(ccc5c6ccc7oc8c9ccc(N(c%10ccccc%10)c%10ccc%11oc%12c(C(C)(C)C)cccc%12c%11c%10)cc9ccc8c7c6oc45)c3)cc12. The molecular weight excluding hydrogens is 933 g/mol. The van der Waals surface area contributed by atoms with Crippen LogP contribution in [0.3, 0.4) is 0 Å². The normalized spacial score (nSPS) is 12.6. The molecule has 0 N–H and O–H groups in total. The van der Waals surface area contributed by atoms with Crippen molar-refractivity contribution in [2.24, 2.45) is 0 Å². The van der Waals surface area contributed by atoms with E-state index in [4.69, 9.17) is 17.7 Å². The van der Waals surface area contributed by atoms with Crippen molar-refractivity contribution in [3.8, 4) is 0 Å². The quantitative estimate of drug-likeness (QED) is 0.165. The smallest absolute Gasteiger partial charge is 0.147 e. The molecule has 4 heterocycles. The van der Waals surface area contributed by atoms with Gasteiger partial charge in [-0.1, -0.05) is 126 Å². The number of furan rings is 4. The van der Waals surface area contributed by atoms with Crippen molar-refractivity contribution in [2.45, 2.75) is 52.4 Å². The van der Waals surface area contributed by atoms with Gasteiger partial charge < -0.3 is 27.5 Å². The predicted octanol–water partition coefficient (Wildman–Crippen LogP) is 21.1. The highest BCUT2D eigenvalue weighted by molar-refractivity contribution is 6.27. The molecule has 0 radical (unpaired) electrons. The summed E-state index contributed by atoms with van der Waals surface area (Å²) in [5.41, 5.74) is 15.6. The minimum absolute atomic E-state index is 0.0539. The summed E-state index contributed by atoms with van der Waals surface area (Å²) < 4.78 is 27.0. The first kappa shape index (κ1) is 44.2. The van der Waals surface area contributed by atoms with E-state index >= 15 is 0 Å². The zero-order chi connectivity index (χ0) is 51.2. The largest absolute Gasteiger partial charge is 0.456 e. The van der Waals surface area contributed by atoms with E-state index in [0.29, 0.717) is 0 Å². The summed E-state index contributed by atoms with van der Waals surface area (Å²) in [6.45, 7) is 13.4. The van der Waals surface area contributed by atoms with Crippen molar-refractivity contribution in [1.82, 2.24) is 0 Å². The Bertz CT molecular complexity index is 4850. The van der Waals surface area contributed by atoms with Gasteiger partial charge in [0.25, 0.3) is 0 Å². The van der Waals surface area contributed by atoms with Gasteiger partial charge in [0.15, 0.2) is 0 Å². The number of hydrogen-bond acceptors (Lipinski definition) is 6. The second kappa shape index (κ2) is 16.1. The number of rotatable bonds is 6. The number of hydrogen-bond donors (Lipinski definition) is 0. The van der Waals surface area contributed by atoms with E-state index in [2.05, 4.69) is 258 Å². The molecule has 15 rings (SSSR count). The number of para-hydroxylation sites is 4. The van der Waals surface area contributed by atoms with Crippen LogP contribution in [0.25, 0.3) is 109 Å². The summed E-state index contributed by atoms with van der Waals surface area (Å²) in [6, 6.07) is 73.6. The van der Waals surface area contributed by atoms with Crippen LogP contribution in [-0.4, -0.2) is 0 Å². The van der Waals surface area contributed by atoms with Crippen molar-refractivity contribution < 1.29 is 17.7 Å². The molecule has 11 aromatic carbocycles. The van der Waals surface area contributed by atoms with Crippen LogP contribution in [0.4, 0.5) is 34.1 Å². The van der Waals surface area contributed by atoms with Gasteiger partial charge in [-0.3, -0.25) is 0 Å². The Balaban J connectivity index is 0.830. The van der Waals surface area contributed by atoms with Gasteiger partial charge >= 0.3 is 0 Å². The minimum Gasteiger partial charge on any atom is -0.456 e. The van der Waals surface area contributed by atoms with Crippen LogP contribution in [0.2, 0.25) is 0 Å². The van der Waals surface area contributed by atoms with Crippen molar-refractivity contribution in [3.05, 3.63) is 217 Å². The molecule has 0 spiro atoms. The molecule has 0 fully saturated rings. The number of benzene rings is 11. The van der Waals surface area contributed by atoms with Crippen LogP contribution in [0.5, 0.6) is 0 Å². The molecule has 0 saturated carbocycles. The first-order valence-corrected chi connectivity index (χ1v) is 26.2. The Labute approximate surface area is 438 Å². The fraction of sp³-hybridized carbons (Fsp3) is 0.114. The standard InChI is InChI=1S/C70H52N2O4/c1-69(2,3)58-21-13-19-51-56-39-47(27-34-60(56)73-66(51)58)71(43-15-9-7-10-16-43)45-25-31-49-41(37-45)23-29-53-54-33-36-62-63(68(54)76-64(49)53)55-30-24-42-38-46(26-32-50(42)65(55)75-62)72(44-17-11-8-12-18-44)48-28-35-61-57(40-48)52-20-14-22-59(67(52)74-61)70(4,5)6/h7-40H,1-6H3. The van der Waals surface area contributed by atoms with Gasteiger partial charge in [0.1, 0.15) is 44.7 Å². The van der Waals surface area contributed by atoms with Crippen molar-refractivity contribution in [1.29, 1.82) is 0 Å². The number of nitrogens with zero attached hydrogens (tertiary/aromatic N) is 2. The third-order valence-electron chi connectivity index (χ3n) is 15.6. The molecular formula is C70H52N2O4. The zero-order valence-electron chi connectivity index (χ0n) is 43.2. The molecule has 6 heteroatoms. The van der Waals surface area contributed by atoms with Gasteiger partial charge in [-0.05, 0) is 143 Å². The predicted molar refractivity (Wildman–Crippen MR) is 317 cm³/mol. The van der Waals surface area contributed by atoms with E-state index in [-0.39, 0.29) is 10.8 Å². The lowest BCUT2D eigenvalue weighted by molar-refractivity contribution is 0.572. The Morgan fingerprint density at radius 3 is 1.17 bits per heavy atom. The monoisotopic (exact) mass is 984 g/mol. The summed E-state index contributed by atoms with van der Waals surface area (Å²) in [7, 11) is 0. The highest BCUT2D eigenvalue weighted by Crippen LogP contribution is 2.47. The van der Waals surface area contributed by atoms with Crippen LogP contribution >= 0.6 is 0 Å². The maximum Gasteiger partial charge on any atom is 0.147 e. The first-order chi connectivity index (χ1) is 36.9. The fourth-order valence-corrected chi connectivity index (χ4v) is 12.0. The highest BCUT2D eigenvalue weighted by atomic mass is 16.3. The highest BCUT2D eigenvalue weighted by Gasteiger charge is 2.25. The number of anilines is 6. The molecule has 0 atom stereocenters. The minimum atomic E-state index is -0.0542. The maximum absolute atomic E-state index is 7.07. The van der Waals surface area contributed by atoms with Crippen LogP contribution in [0.1, 0.15) is 52.7 Å². The first-order valence-electron chi connectivity index (χ1n) is 26.2. The van der Waals surface area contributed by atoms with Crippen LogP contribution in [0, 0.1) is 0 Å². The third kappa shape index (κ3) is 6.73. The molecule has 6 nitrogen and oxygen atoms in total. The molecule has 0 unspecified atom stereocenters. The van der Waals surface area contributed by atoms with Gasteiger partial charge in [0.05, 0.1) is 5.39 Å². The van der Waals surface area contributed by atoms with E-state index < -0.39 is 0 Å². The molecule has 0 amide bonds. The van der Waals surface area contributed by atoms with Crippen LogP contribution < -0.4 is 9.80 Å². The fourth-order valence-electron chi connectivity index (χ4n) is 12.0. The summed E-state index contributed by atoms with van der Waals surface area (Å²) >= 11 is 0. The lowest BCUT2D eigenvalue weighted by Crippen LogP contribution is -2.10. The molecule has 0 saturated heterocycles. The Morgan fingerprint density at radius 2 is 0.658 bits per heavy atom. The van der Waals surface area contributed by atoms with Gasteiger partial charge in [0.2, 0.25) is 0 Å². The molecule has 0 aliphatic heterocycles. The van der Waals surface area contributed by atoms with E-state index in [1.165, 1.54) is 11.1 Å². The van der Waals surface area contributed by atoms with E-state index in [1.807, 2.05) is 0 Å². The van der Waals surface area contributed by atoms with Gasteiger partial charge in [-0.15, -0.1) is 0 Å². The third-order valence-corrected chi connectivity index (χ3v) is 15.6. The van der Waals surface area contributed by atoms with Gasteiger partial charge in [0, 0.05) is 93.7 Å². The molecule has 15 aromatic rings. The van der Waals surface area contributed by atoms with Crippen LogP contribution in [-0.2, 0) is 10.8 Å². The molecule has 76 heavy (non-hydrogen) atoms. The Kier molecular flexibility index (Phi) is 9.38. The average Bonchev–Trinajstić information content (AvgIpc) is 4.35. The van der Waals surface area contributed by atoms with Crippen molar-refractivity contribution in [2.75, 3.05) is 9.80 Å². The summed E-state index contributed by atoms with van der Waals surface area (Å²) in [6.07, 6.45) is 0. The summed E-state index contributed by atoms with van der Waals surface area (Å²) in [4.78, 5) is 4.65. The summed E-state index contributed by atoms with van der Waals surface area (Å²) in [5, 5.41) is 12.8. The molecule has 0 aliphatic carbocycles. The van der Waals surface area contributed by atoms with Gasteiger partial charge in [-0.2, -0.15) is 0 Å². The second-order valence-electron chi connectivity index (χ2n) is 22.5. The zero-order valence-corrected chi connectivity index (χ0v) is 43.2. The molecule has 4 aromatic heterocycles. The van der Waals surface area contributed by atoms with E-state index in [0.717, 1.165) is 143 Å². The van der Waals surface area contributed by atoms with Crippen molar-refractivity contribution >= 4 is 143 Å². The van der Waals surface area contributed by atoms with Crippen LogP contribution in [0.15, 0.2) is 224 Å². The number of fused-ring (bicyclic) bond motifs is 17. The Morgan fingerprint density at radius 1 is 0.263 bits per heavy atom. The van der Waals surface area contributed by atoms with Gasteiger partial charge in [-0.25, -0.2) is 0 Å². The molecule has 366 valence electrons. The second-order valence-corrected chi connectivity index (χ2v) is 22.5. The topological polar surface area (TPSA) is 59.0 Å². The maximum atomic E-state index is 7.07. The van der Waals surface area contributed by atoms with E-state index in [1.54, 1.807) is 0 Å². The average molecular weight is 985 g/mol.